The van der Waals surface area contributed by atoms with Gasteiger partial charge < -0.3 is 10.1 Å². The van der Waals surface area contributed by atoms with E-state index < -0.39 is 0 Å². The van der Waals surface area contributed by atoms with Gasteiger partial charge in [-0.25, -0.2) is 4.99 Å². The summed E-state index contributed by atoms with van der Waals surface area (Å²) in [6, 6.07) is 15.3. The molecule has 1 saturated heterocycles. The maximum atomic E-state index is 12.5. The molecule has 1 aliphatic rings. The minimum absolute atomic E-state index is 0.125. The Morgan fingerprint density at radius 2 is 1.88 bits per heavy atom. The van der Waals surface area contributed by atoms with Gasteiger partial charge >= 0.3 is 0 Å². The number of ether oxygens (including phenoxy) is 1. The van der Waals surface area contributed by atoms with Gasteiger partial charge in [0.2, 0.25) is 5.96 Å². The van der Waals surface area contributed by atoms with E-state index in [2.05, 4.69) is 21.7 Å². The first kappa shape index (κ1) is 18.1. The van der Waals surface area contributed by atoms with Gasteiger partial charge in [-0.2, -0.15) is 0 Å². The second-order valence-electron chi connectivity index (χ2n) is 6.65. The summed E-state index contributed by atoms with van der Waals surface area (Å²) in [7, 11) is 0. The van der Waals surface area contributed by atoms with E-state index in [-0.39, 0.29) is 12.0 Å². The molecule has 5 nitrogen and oxygen atoms in total. The van der Waals surface area contributed by atoms with Crippen LogP contribution in [0.25, 0.3) is 0 Å². The Kier molecular flexibility index (Phi) is 6.02. The largest absolute Gasteiger partial charge is 0.376 e. The molecular weight excluding hydrogens is 326 g/mol. The van der Waals surface area contributed by atoms with Crippen LogP contribution in [0.4, 0.5) is 5.69 Å². The molecule has 5 heteroatoms. The number of benzene rings is 2. The second kappa shape index (κ2) is 8.63. The normalized spacial score (nSPS) is 17.2. The molecule has 1 amide bonds. The Morgan fingerprint density at radius 1 is 1.15 bits per heavy atom. The summed E-state index contributed by atoms with van der Waals surface area (Å²) in [4.78, 5) is 17.1. The van der Waals surface area contributed by atoms with Crippen molar-refractivity contribution in [2.24, 2.45) is 4.99 Å². The zero-order chi connectivity index (χ0) is 18.4. The summed E-state index contributed by atoms with van der Waals surface area (Å²) in [6.07, 6.45) is 2.20. The molecule has 2 aromatic rings. The SMILES string of the molecule is Cc1cc(C)cc(NC(=NC[C@@H]2CCCO2)NC(=O)c2ccccc2)c1. The quantitative estimate of drug-likeness (QED) is 0.652. The number of nitrogens with one attached hydrogen (secondary N) is 2. The van der Waals surface area contributed by atoms with Gasteiger partial charge in [-0.15, -0.1) is 0 Å². The number of amides is 1. The van der Waals surface area contributed by atoms with E-state index in [0.29, 0.717) is 18.1 Å². The van der Waals surface area contributed by atoms with Crippen molar-refractivity contribution in [3.05, 3.63) is 65.2 Å². The van der Waals surface area contributed by atoms with Crippen molar-refractivity contribution in [3.63, 3.8) is 0 Å². The van der Waals surface area contributed by atoms with Crippen LogP contribution in [-0.4, -0.2) is 31.1 Å². The average Bonchev–Trinajstić information content (AvgIpc) is 3.13. The number of carbonyl (C=O) groups is 1. The fourth-order valence-corrected chi connectivity index (χ4v) is 3.04. The lowest BCUT2D eigenvalue weighted by molar-refractivity contribution is 0.0975. The molecule has 0 radical (unpaired) electrons. The molecule has 0 aliphatic carbocycles. The van der Waals surface area contributed by atoms with E-state index in [1.165, 1.54) is 0 Å². The summed E-state index contributed by atoms with van der Waals surface area (Å²) < 4.78 is 5.63. The second-order valence-corrected chi connectivity index (χ2v) is 6.65. The highest BCUT2D eigenvalue weighted by molar-refractivity contribution is 6.10. The van der Waals surface area contributed by atoms with Crippen LogP contribution in [0.1, 0.15) is 34.3 Å². The summed E-state index contributed by atoms with van der Waals surface area (Å²) in [5.41, 5.74) is 3.81. The fourth-order valence-electron chi connectivity index (χ4n) is 3.04. The molecule has 0 unspecified atom stereocenters. The molecule has 26 heavy (non-hydrogen) atoms. The van der Waals surface area contributed by atoms with Crippen molar-refractivity contribution in [3.8, 4) is 0 Å². The van der Waals surface area contributed by atoms with E-state index in [4.69, 9.17) is 4.74 Å². The topological polar surface area (TPSA) is 62.7 Å². The van der Waals surface area contributed by atoms with Crippen LogP contribution in [-0.2, 0) is 4.74 Å². The Bertz CT molecular complexity index is 761. The van der Waals surface area contributed by atoms with Gasteiger partial charge in [-0.3, -0.25) is 10.1 Å². The van der Waals surface area contributed by atoms with Crippen molar-refractivity contribution < 1.29 is 9.53 Å². The number of hydrogen-bond acceptors (Lipinski definition) is 3. The third-order valence-electron chi connectivity index (χ3n) is 4.23. The van der Waals surface area contributed by atoms with Gasteiger partial charge in [0.25, 0.3) is 5.91 Å². The predicted molar refractivity (Wildman–Crippen MR) is 105 cm³/mol. The van der Waals surface area contributed by atoms with Crippen LogP contribution in [0, 0.1) is 13.8 Å². The summed E-state index contributed by atoms with van der Waals surface area (Å²) in [5.74, 6) is 0.257. The van der Waals surface area contributed by atoms with Gasteiger partial charge in [0.1, 0.15) is 0 Å². The molecule has 0 bridgehead atoms. The van der Waals surface area contributed by atoms with Crippen LogP contribution in [0.2, 0.25) is 0 Å². The highest BCUT2D eigenvalue weighted by atomic mass is 16.5. The average molecular weight is 351 g/mol. The van der Waals surface area contributed by atoms with Crippen molar-refractivity contribution in [1.82, 2.24) is 5.32 Å². The number of aliphatic imine (C=N–C) groups is 1. The molecule has 136 valence electrons. The maximum absolute atomic E-state index is 12.5. The molecular formula is C21H25N3O2. The molecule has 2 N–H and O–H groups in total. The van der Waals surface area contributed by atoms with E-state index in [9.17, 15) is 4.79 Å². The van der Waals surface area contributed by atoms with Crippen LogP contribution in [0.5, 0.6) is 0 Å². The molecule has 3 rings (SSSR count). The van der Waals surface area contributed by atoms with E-state index in [0.717, 1.165) is 36.3 Å². The van der Waals surface area contributed by atoms with Crippen LogP contribution >= 0.6 is 0 Å². The number of carbonyl (C=O) groups excluding carboxylic acids is 1. The molecule has 1 atom stereocenters. The number of anilines is 1. The van der Waals surface area contributed by atoms with Gasteiger partial charge in [0, 0.05) is 17.9 Å². The van der Waals surface area contributed by atoms with E-state index >= 15 is 0 Å². The maximum Gasteiger partial charge on any atom is 0.257 e. The van der Waals surface area contributed by atoms with Crippen LogP contribution < -0.4 is 10.6 Å². The smallest absolute Gasteiger partial charge is 0.257 e. The zero-order valence-corrected chi connectivity index (χ0v) is 15.3. The molecule has 0 aromatic heterocycles. The van der Waals surface area contributed by atoms with Crippen LogP contribution in [0.15, 0.2) is 53.5 Å². The first-order valence-corrected chi connectivity index (χ1v) is 8.98. The number of aryl methyl sites for hydroxylation is 2. The standard InChI is InChI=1S/C21H25N3O2/c1-15-11-16(2)13-18(12-15)23-21(22-14-19-9-6-10-26-19)24-20(25)17-7-4-3-5-8-17/h3-5,7-8,11-13,19H,6,9-10,14H2,1-2H3,(H2,22,23,24,25)/t19-/m0/s1. The highest BCUT2D eigenvalue weighted by Gasteiger charge is 2.16. The Balaban J connectivity index is 1.76. The van der Waals surface area contributed by atoms with Crippen molar-refractivity contribution >= 4 is 17.6 Å². The van der Waals surface area contributed by atoms with E-state index in [1.54, 1.807) is 12.1 Å². The van der Waals surface area contributed by atoms with Crippen molar-refractivity contribution in [1.29, 1.82) is 0 Å². The lowest BCUT2D eigenvalue weighted by atomic mass is 10.1. The molecule has 1 heterocycles. The fraction of sp³-hybridized carbons (Fsp3) is 0.333. The number of guanidine groups is 1. The van der Waals surface area contributed by atoms with Gasteiger partial charge in [0.05, 0.1) is 12.6 Å². The Labute approximate surface area is 154 Å². The Morgan fingerprint density at radius 3 is 2.54 bits per heavy atom. The van der Waals surface area contributed by atoms with E-state index in [1.807, 2.05) is 44.2 Å². The monoisotopic (exact) mass is 351 g/mol. The lowest BCUT2D eigenvalue weighted by Gasteiger charge is -2.14. The first-order chi connectivity index (χ1) is 12.6. The van der Waals surface area contributed by atoms with Gasteiger partial charge in [0.15, 0.2) is 0 Å². The highest BCUT2D eigenvalue weighted by Crippen LogP contribution is 2.15. The first-order valence-electron chi connectivity index (χ1n) is 8.98. The van der Waals surface area contributed by atoms with Crippen molar-refractivity contribution in [2.45, 2.75) is 32.8 Å². The zero-order valence-electron chi connectivity index (χ0n) is 15.3. The molecule has 2 aromatic carbocycles. The molecule has 0 saturated carbocycles. The minimum Gasteiger partial charge on any atom is -0.376 e. The minimum atomic E-state index is -0.187. The van der Waals surface area contributed by atoms with Crippen molar-refractivity contribution in [2.75, 3.05) is 18.5 Å². The third-order valence-corrected chi connectivity index (χ3v) is 4.23. The van der Waals surface area contributed by atoms with Gasteiger partial charge in [-0.05, 0) is 62.1 Å². The van der Waals surface area contributed by atoms with Gasteiger partial charge in [-0.1, -0.05) is 24.3 Å². The number of hydrogen-bond donors (Lipinski definition) is 2. The third kappa shape index (κ3) is 5.17. The number of rotatable bonds is 4. The van der Waals surface area contributed by atoms with Crippen LogP contribution in [0.3, 0.4) is 0 Å². The summed E-state index contributed by atoms with van der Waals surface area (Å²) >= 11 is 0. The Hall–Kier alpha value is -2.66. The molecule has 1 aliphatic heterocycles. The molecule has 0 spiro atoms. The lowest BCUT2D eigenvalue weighted by Crippen LogP contribution is -2.36. The molecule has 1 fully saturated rings. The summed E-state index contributed by atoms with van der Waals surface area (Å²) in [5, 5.41) is 6.14. The number of nitrogens with zero attached hydrogens (tertiary/aromatic N) is 1. The predicted octanol–water partition coefficient (Wildman–Crippen LogP) is 3.68. The summed E-state index contributed by atoms with van der Waals surface area (Å²) in [6.45, 7) is 5.41.